The SMILES string of the molecule is Cc1cc2c3c(c1)N(c1ccccc1C)c1cc4sc5cc6c(cc5c4cc1B3c1cc3c(cc1N2c1ccc(C(C)(C)C)cc1C)C(C)(C)CCC3(C)C)C(C)(C)CCC6(C)C. The van der Waals surface area contributed by atoms with Gasteiger partial charge in [0.2, 0.25) is 0 Å². The molecule has 0 amide bonds. The van der Waals surface area contributed by atoms with Crippen LogP contribution >= 0.6 is 11.3 Å². The fourth-order valence-corrected chi connectivity index (χ4v) is 13.4. The van der Waals surface area contributed by atoms with Gasteiger partial charge in [-0.3, -0.25) is 0 Å². The maximum atomic E-state index is 2.69. The van der Waals surface area contributed by atoms with Crippen LogP contribution in [0.5, 0.6) is 0 Å². The van der Waals surface area contributed by atoms with Gasteiger partial charge in [0.15, 0.2) is 0 Å². The Kier molecular flexibility index (Phi) is 8.55. The molecule has 0 radical (unpaired) electrons. The summed E-state index contributed by atoms with van der Waals surface area (Å²) in [6, 6.07) is 37.0. The third-order valence-electron chi connectivity index (χ3n) is 16.4. The molecule has 0 saturated carbocycles. The molecule has 7 aromatic rings. The van der Waals surface area contributed by atoms with E-state index in [2.05, 4.69) is 198 Å². The van der Waals surface area contributed by atoms with Crippen LogP contribution in [-0.2, 0) is 27.1 Å². The summed E-state index contributed by atoms with van der Waals surface area (Å²) in [4.78, 5) is 5.31. The van der Waals surface area contributed by atoms with Crippen molar-refractivity contribution in [2.45, 2.75) is 150 Å². The molecule has 2 nitrogen and oxygen atoms in total. The van der Waals surface area contributed by atoms with E-state index in [-0.39, 0.29) is 33.8 Å². The van der Waals surface area contributed by atoms with Crippen LogP contribution in [0, 0.1) is 20.8 Å². The molecule has 0 atom stereocenters. The Morgan fingerprint density at radius 3 is 1.56 bits per heavy atom. The number of hydrogen-bond donors (Lipinski definition) is 0. The number of rotatable bonds is 2. The zero-order valence-corrected chi connectivity index (χ0v) is 41.2. The first-order chi connectivity index (χ1) is 29.6. The lowest BCUT2D eigenvalue weighted by Crippen LogP contribution is -2.62. The Morgan fingerprint density at radius 1 is 0.476 bits per heavy atom. The third-order valence-corrected chi connectivity index (χ3v) is 17.5. The first kappa shape index (κ1) is 40.9. The van der Waals surface area contributed by atoms with E-state index in [0.717, 1.165) is 0 Å². The summed E-state index contributed by atoms with van der Waals surface area (Å²) in [5.74, 6) is 0. The zero-order valence-electron chi connectivity index (χ0n) is 40.4. The van der Waals surface area contributed by atoms with Crippen LogP contribution < -0.4 is 26.2 Å². The molecule has 320 valence electrons. The van der Waals surface area contributed by atoms with E-state index in [1.54, 1.807) is 5.56 Å². The van der Waals surface area contributed by atoms with Gasteiger partial charge in [-0.05, 0) is 188 Å². The summed E-state index contributed by atoms with van der Waals surface area (Å²) in [5, 5.41) is 2.81. The van der Waals surface area contributed by atoms with Crippen molar-refractivity contribution in [3.8, 4) is 0 Å². The lowest BCUT2D eigenvalue weighted by molar-refractivity contribution is 0.332. The molecule has 11 rings (SSSR count). The van der Waals surface area contributed by atoms with E-state index in [0.29, 0.717) is 0 Å². The van der Waals surface area contributed by atoms with Gasteiger partial charge in [-0.1, -0.05) is 119 Å². The number of benzene rings is 6. The number of aryl methyl sites for hydroxylation is 3. The minimum Gasteiger partial charge on any atom is -0.311 e. The first-order valence-corrected chi connectivity index (χ1v) is 24.5. The Morgan fingerprint density at radius 2 is 0.968 bits per heavy atom. The highest BCUT2D eigenvalue weighted by Gasteiger charge is 2.47. The largest absolute Gasteiger partial charge is 0.311 e. The van der Waals surface area contributed by atoms with Gasteiger partial charge < -0.3 is 9.80 Å². The van der Waals surface area contributed by atoms with Gasteiger partial charge in [-0.25, -0.2) is 0 Å². The van der Waals surface area contributed by atoms with Gasteiger partial charge in [0, 0.05) is 48.9 Å². The molecule has 0 bridgehead atoms. The summed E-state index contributed by atoms with van der Waals surface area (Å²) >= 11 is 1.99. The van der Waals surface area contributed by atoms with Crippen LogP contribution in [-0.4, -0.2) is 6.71 Å². The average Bonchev–Trinajstić information content (AvgIpc) is 3.56. The van der Waals surface area contributed by atoms with Gasteiger partial charge in [0.25, 0.3) is 6.71 Å². The van der Waals surface area contributed by atoms with Crippen LogP contribution in [0.15, 0.2) is 91.0 Å². The molecule has 0 unspecified atom stereocenters. The second kappa shape index (κ2) is 13.2. The van der Waals surface area contributed by atoms with Crippen molar-refractivity contribution >= 4 is 88.7 Å². The van der Waals surface area contributed by atoms with Gasteiger partial charge in [0.1, 0.15) is 0 Å². The lowest BCUT2D eigenvalue weighted by atomic mass is 9.33. The second-order valence-electron chi connectivity index (χ2n) is 23.8. The van der Waals surface area contributed by atoms with Crippen LogP contribution in [0.25, 0.3) is 20.2 Å². The highest BCUT2D eigenvalue weighted by molar-refractivity contribution is 7.26. The van der Waals surface area contributed by atoms with Crippen LogP contribution in [0.3, 0.4) is 0 Å². The quantitative estimate of drug-likeness (QED) is 0.160. The van der Waals surface area contributed by atoms with Gasteiger partial charge >= 0.3 is 0 Å². The maximum Gasteiger partial charge on any atom is 0.252 e. The molecular weight excluding hydrogens is 780 g/mol. The summed E-state index contributed by atoms with van der Waals surface area (Å²) in [6.45, 7) is 33.8. The summed E-state index contributed by atoms with van der Waals surface area (Å²) in [5.41, 5.74) is 23.9. The molecule has 0 N–H and O–H groups in total. The molecule has 2 aliphatic carbocycles. The molecule has 4 aliphatic rings. The average molecular weight is 845 g/mol. The van der Waals surface area contributed by atoms with Gasteiger partial charge in [0.05, 0.1) is 0 Å². The number of anilines is 6. The summed E-state index contributed by atoms with van der Waals surface area (Å²) in [7, 11) is 0. The predicted octanol–water partition coefficient (Wildman–Crippen LogP) is 15.1. The van der Waals surface area contributed by atoms with E-state index in [1.807, 2.05) is 11.3 Å². The van der Waals surface area contributed by atoms with Crippen molar-refractivity contribution in [2.24, 2.45) is 0 Å². The molecule has 4 heteroatoms. The van der Waals surface area contributed by atoms with Crippen LogP contribution in [0.2, 0.25) is 0 Å². The third kappa shape index (κ3) is 5.95. The molecule has 0 saturated heterocycles. The minimum atomic E-state index is 0.0600. The molecule has 0 spiro atoms. The number of thiophene rings is 1. The van der Waals surface area contributed by atoms with Crippen molar-refractivity contribution in [1.29, 1.82) is 0 Å². The van der Waals surface area contributed by atoms with Crippen molar-refractivity contribution in [3.05, 3.63) is 136 Å². The fraction of sp³-hybridized carbons (Fsp3) is 0.390. The van der Waals surface area contributed by atoms with Crippen molar-refractivity contribution < 1.29 is 0 Å². The molecule has 1 aromatic heterocycles. The Bertz CT molecular complexity index is 3110. The Balaban J connectivity index is 1.27. The molecule has 0 fully saturated rings. The summed E-state index contributed by atoms with van der Waals surface area (Å²) < 4.78 is 2.79. The van der Waals surface area contributed by atoms with Crippen molar-refractivity contribution in [2.75, 3.05) is 9.80 Å². The summed E-state index contributed by atoms with van der Waals surface area (Å²) in [6.07, 6.45) is 4.80. The standard InChI is InChI=1S/C59H65BN2S/c1-34-25-50-54-51(26-34)62(47-20-19-37(27-36(47)3)55(4,5)6)48-31-42-41(57(9,10)22-23-58(42,11)12)30-45(48)60(54)44-29-39-38-28-40-43(59(13,14)24-21-56(40,7)8)32-52(38)63-53(39)33-49(44)61(50)46-18-16-15-17-35(46)2/h15-20,25-33H,21-24H2,1-14H3. The van der Waals surface area contributed by atoms with E-state index in [4.69, 9.17) is 0 Å². The first-order valence-electron chi connectivity index (χ1n) is 23.7. The highest BCUT2D eigenvalue weighted by Crippen LogP contribution is 2.53. The molecular formula is C59H65BN2S. The minimum absolute atomic E-state index is 0.0600. The zero-order chi connectivity index (χ0) is 44.5. The van der Waals surface area contributed by atoms with E-state index in [1.165, 1.54) is 135 Å². The Labute approximate surface area is 381 Å². The van der Waals surface area contributed by atoms with E-state index >= 15 is 0 Å². The smallest absolute Gasteiger partial charge is 0.252 e. The maximum absolute atomic E-state index is 2.69. The molecule has 63 heavy (non-hydrogen) atoms. The molecule has 2 aliphatic heterocycles. The number of para-hydroxylation sites is 1. The Hall–Kier alpha value is -4.80. The number of nitrogens with zero attached hydrogens (tertiary/aromatic N) is 2. The van der Waals surface area contributed by atoms with E-state index < -0.39 is 0 Å². The monoisotopic (exact) mass is 844 g/mol. The van der Waals surface area contributed by atoms with Crippen LogP contribution in [0.1, 0.15) is 146 Å². The lowest BCUT2D eigenvalue weighted by Gasteiger charge is -2.48. The topological polar surface area (TPSA) is 6.48 Å². The van der Waals surface area contributed by atoms with Crippen molar-refractivity contribution in [3.63, 3.8) is 0 Å². The molecule has 3 heterocycles. The fourth-order valence-electron chi connectivity index (χ4n) is 12.2. The predicted molar refractivity (Wildman–Crippen MR) is 277 cm³/mol. The van der Waals surface area contributed by atoms with Gasteiger partial charge in [-0.2, -0.15) is 0 Å². The van der Waals surface area contributed by atoms with E-state index in [9.17, 15) is 0 Å². The van der Waals surface area contributed by atoms with Crippen molar-refractivity contribution in [1.82, 2.24) is 0 Å². The highest BCUT2D eigenvalue weighted by atomic mass is 32.1. The van der Waals surface area contributed by atoms with Crippen LogP contribution in [0.4, 0.5) is 34.1 Å². The van der Waals surface area contributed by atoms with Gasteiger partial charge in [-0.15, -0.1) is 11.3 Å². The normalized spacial score (nSPS) is 18.8. The number of fused-ring (bicyclic) bond motifs is 9. The second-order valence-corrected chi connectivity index (χ2v) is 24.8. The number of hydrogen-bond acceptors (Lipinski definition) is 3. The molecule has 6 aromatic carbocycles.